The first-order valence-corrected chi connectivity index (χ1v) is 7.53. The van der Waals surface area contributed by atoms with Crippen molar-refractivity contribution in [2.45, 2.75) is 5.75 Å². The molecule has 1 aromatic heterocycles. The van der Waals surface area contributed by atoms with Crippen LogP contribution in [0.2, 0.25) is 0 Å². The van der Waals surface area contributed by atoms with Gasteiger partial charge in [0.25, 0.3) is 5.56 Å². The molecule has 2 aromatic rings. The summed E-state index contributed by atoms with van der Waals surface area (Å²) >= 11 is 1.46. The van der Waals surface area contributed by atoms with Gasteiger partial charge in [0.1, 0.15) is 5.82 Å². The fourth-order valence-corrected chi connectivity index (χ4v) is 2.65. The van der Waals surface area contributed by atoms with E-state index in [4.69, 9.17) is 9.47 Å². The quantitative estimate of drug-likeness (QED) is 0.653. The largest absolute Gasteiger partial charge is 0.493 e. The SMILES string of the molecule is CN=C(NC)SCc1nc2cc(OC)c(OC)cc2c(=O)[nH]1. The van der Waals surface area contributed by atoms with Crippen LogP contribution in [0, 0.1) is 0 Å². The summed E-state index contributed by atoms with van der Waals surface area (Å²) in [5, 5.41) is 4.20. The lowest BCUT2D eigenvalue weighted by atomic mass is 10.2. The van der Waals surface area contributed by atoms with Gasteiger partial charge >= 0.3 is 0 Å². The Labute approximate surface area is 132 Å². The normalized spacial score (nSPS) is 11.5. The number of benzene rings is 1. The molecule has 0 unspecified atom stereocenters. The predicted molar refractivity (Wildman–Crippen MR) is 89.2 cm³/mol. The van der Waals surface area contributed by atoms with E-state index in [9.17, 15) is 4.79 Å². The number of thioether (sulfide) groups is 1. The topological polar surface area (TPSA) is 88.6 Å². The van der Waals surface area contributed by atoms with Crippen LogP contribution in [0.1, 0.15) is 5.82 Å². The summed E-state index contributed by atoms with van der Waals surface area (Å²) in [6.45, 7) is 0. The fourth-order valence-electron chi connectivity index (χ4n) is 1.97. The molecule has 0 amide bonds. The Bertz CT molecular complexity index is 758. The summed E-state index contributed by atoms with van der Waals surface area (Å²) in [4.78, 5) is 23.5. The molecular weight excluding hydrogens is 304 g/mol. The molecule has 0 aliphatic heterocycles. The van der Waals surface area contributed by atoms with E-state index >= 15 is 0 Å². The van der Waals surface area contributed by atoms with Crippen LogP contribution in [0.4, 0.5) is 0 Å². The van der Waals surface area contributed by atoms with Gasteiger partial charge in [-0.15, -0.1) is 0 Å². The third-order valence-corrected chi connectivity index (χ3v) is 4.10. The number of ether oxygens (including phenoxy) is 2. The average molecular weight is 322 g/mol. The molecule has 0 bridgehead atoms. The van der Waals surface area contributed by atoms with Gasteiger partial charge in [0.05, 0.1) is 30.9 Å². The molecule has 0 saturated carbocycles. The third-order valence-electron chi connectivity index (χ3n) is 3.02. The highest BCUT2D eigenvalue weighted by Gasteiger charge is 2.11. The highest BCUT2D eigenvalue weighted by atomic mass is 32.2. The van der Waals surface area contributed by atoms with Gasteiger partial charge in [0, 0.05) is 20.2 Å². The van der Waals surface area contributed by atoms with Gasteiger partial charge in [-0.2, -0.15) is 0 Å². The van der Waals surface area contributed by atoms with Gasteiger partial charge in [0.15, 0.2) is 16.7 Å². The Morgan fingerprint density at radius 2 is 2.05 bits per heavy atom. The maximum Gasteiger partial charge on any atom is 0.258 e. The monoisotopic (exact) mass is 322 g/mol. The van der Waals surface area contributed by atoms with E-state index in [0.29, 0.717) is 34.0 Å². The molecule has 2 rings (SSSR count). The molecule has 1 aromatic carbocycles. The second kappa shape index (κ2) is 7.17. The molecule has 118 valence electrons. The van der Waals surface area contributed by atoms with Crippen molar-refractivity contribution in [3.05, 3.63) is 28.3 Å². The van der Waals surface area contributed by atoms with Crippen LogP contribution in [0.3, 0.4) is 0 Å². The minimum Gasteiger partial charge on any atom is -0.493 e. The molecule has 0 radical (unpaired) electrons. The number of hydrogen-bond donors (Lipinski definition) is 2. The second-order valence-corrected chi connectivity index (χ2v) is 5.27. The first-order chi connectivity index (χ1) is 10.6. The standard InChI is InChI=1S/C14H18N4O3S/c1-15-14(16-2)22-7-12-17-9-6-11(21-4)10(20-3)5-8(9)13(19)18-12/h5-6H,7H2,1-4H3,(H,15,16)(H,17,18,19). The molecule has 0 aliphatic rings. The van der Waals surface area contributed by atoms with E-state index in [2.05, 4.69) is 20.3 Å². The predicted octanol–water partition coefficient (Wildman–Crippen LogP) is 1.38. The minimum absolute atomic E-state index is 0.207. The van der Waals surface area contributed by atoms with Crippen molar-refractivity contribution < 1.29 is 9.47 Å². The summed E-state index contributed by atoms with van der Waals surface area (Å²) in [7, 11) is 6.57. The van der Waals surface area contributed by atoms with Crippen LogP contribution < -0.4 is 20.3 Å². The van der Waals surface area contributed by atoms with E-state index in [1.807, 2.05) is 0 Å². The van der Waals surface area contributed by atoms with E-state index in [1.165, 1.54) is 18.9 Å². The molecule has 0 spiro atoms. The zero-order valence-electron chi connectivity index (χ0n) is 12.9. The zero-order chi connectivity index (χ0) is 16.1. The van der Waals surface area contributed by atoms with E-state index in [0.717, 1.165) is 5.17 Å². The Balaban J connectivity index is 2.41. The molecule has 0 aliphatic carbocycles. The number of rotatable bonds is 4. The van der Waals surface area contributed by atoms with Gasteiger partial charge in [-0.3, -0.25) is 9.79 Å². The zero-order valence-corrected chi connectivity index (χ0v) is 13.7. The lowest BCUT2D eigenvalue weighted by Gasteiger charge is -2.09. The van der Waals surface area contributed by atoms with Crippen LogP contribution in [-0.4, -0.2) is 43.5 Å². The maximum atomic E-state index is 12.2. The number of aromatic nitrogens is 2. The van der Waals surface area contributed by atoms with Gasteiger partial charge in [-0.05, 0) is 6.07 Å². The molecule has 7 nitrogen and oxygen atoms in total. The smallest absolute Gasteiger partial charge is 0.258 e. The number of nitrogens with zero attached hydrogens (tertiary/aromatic N) is 2. The lowest BCUT2D eigenvalue weighted by Crippen LogP contribution is -2.16. The van der Waals surface area contributed by atoms with Crippen LogP contribution in [0.5, 0.6) is 11.5 Å². The van der Waals surface area contributed by atoms with E-state index < -0.39 is 0 Å². The first-order valence-electron chi connectivity index (χ1n) is 6.55. The molecular formula is C14H18N4O3S. The van der Waals surface area contributed by atoms with Crippen molar-refractivity contribution in [1.82, 2.24) is 15.3 Å². The Morgan fingerprint density at radius 3 is 2.64 bits per heavy atom. The number of amidine groups is 1. The average Bonchev–Trinajstić information content (AvgIpc) is 2.54. The van der Waals surface area contributed by atoms with Crippen LogP contribution in [0.15, 0.2) is 21.9 Å². The third kappa shape index (κ3) is 3.33. The van der Waals surface area contributed by atoms with Gasteiger partial charge in [0.2, 0.25) is 0 Å². The summed E-state index contributed by atoms with van der Waals surface area (Å²) < 4.78 is 10.4. The number of H-pyrrole nitrogens is 1. The van der Waals surface area contributed by atoms with Crippen molar-refractivity contribution in [3.8, 4) is 11.5 Å². The second-order valence-electron chi connectivity index (χ2n) is 4.30. The molecule has 0 fully saturated rings. The molecule has 22 heavy (non-hydrogen) atoms. The van der Waals surface area contributed by atoms with Crippen LogP contribution >= 0.6 is 11.8 Å². The highest BCUT2D eigenvalue weighted by molar-refractivity contribution is 8.13. The number of aromatic amines is 1. The van der Waals surface area contributed by atoms with Crippen molar-refractivity contribution in [3.63, 3.8) is 0 Å². The highest BCUT2D eigenvalue weighted by Crippen LogP contribution is 2.30. The Hall–Kier alpha value is -2.22. The number of fused-ring (bicyclic) bond motifs is 1. The van der Waals surface area contributed by atoms with Crippen LogP contribution in [0.25, 0.3) is 10.9 Å². The summed E-state index contributed by atoms with van der Waals surface area (Å²) in [5.74, 6) is 2.12. The van der Waals surface area contributed by atoms with Crippen molar-refractivity contribution in [2.24, 2.45) is 4.99 Å². The van der Waals surface area contributed by atoms with Gasteiger partial charge in [-0.25, -0.2) is 4.98 Å². The minimum atomic E-state index is -0.207. The summed E-state index contributed by atoms with van der Waals surface area (Å²) in [6, 6.07) is 3.33. The Morgan fingerprint density at radius 1 is 1.36 bits per heavy atom. The fraction of sp³-hybridized carbons (Fsp3) is 0.357. The van der Waals surface area contributed by atoms with Crippen LogP contribution in [-0.2, 0) is 5.75 Å². The molecule has 1 heterocycles. The first kappa shape index (κ1) is 16.2. The molecule has 0 saturated heterocycles. The Kier molecular flexibility index (Phi) is 5.26. The molecule has 8 heteroatoms. The number of methoxy groups -OCH3 is 2. The molecule has 0 atom stereocenters. The van der Waals surface area contributed by atoms with E-state index in [-0.39, 0.29) is 5.56 Å². The lowest BCUT2D eigenvalue weighted by molar-refractivity contribution is 0.355. The van der Waals surface area contributed by atoms with E-state index in [1.54, 1.807) is 33.3 Å². The van der Waals surface area contributed by atoms with Gasteiger partial charge in [-0.1, -0.05) is 11.8 Å². The summed E-state index contributed by atoms with van der Waals surface area (Å²) in [6.07, 6.45) is 0. The van der Waals surface area contributed by atoms with Crippen molar-refractivity contribution in [2.75, 3.05) is 28.3 Å². The number of aliphatic imine (C=N–C) groups is 1. The maximum absolute atomic E-state index is 12.2. The number of hydrogen-bond acceptors (Lipinski definition) is 6. The van der Waals surface area contributed by atoms with Crippen molar-refractivity contribution in [1.29, 1.82) is 0 Å². The summed E-state index contributed by atoms with van der Waals surface area (Å²) in [5.41, 5.74) is 0.359. The number of nitrogens with one attached hydrogen (secondary N) is 2. The molecule has 2 N–H and O–H groups in total. The van der Waals surface area contributed by atoms with Gasteiger partial charge < -0.3 is 19.8 Å². The van der Waals surface area contributed by atoms with Crippen molar-refractivity contribution >= 4 is 27.8 Å².